The Kier molecular flexibility index (Phi) is 3.47. The molecule has 0 saturated heterocycles. The summed E-state index contributed by atoms with van der Waals surface area (Å²) in [7, 11) is 0. The van der Waals surface area contributed by atoms with Crippen LogP contribution in [0.15, 0.2) is 48.7 Å². The van der Waals surface area contributed by atoms with Gasteiger partial charge in [0.05, 0.1) is 12.3 Å². The molecule has 0 bridgehead atoms. The molecular weight excluding hydrogens is 236 g/mol. The van der Waals surface area contributed by atoms with E-state index in [1.807, 2.05) is 30.5 Å². The maximum absolute atomic E-state index is 5.69. The quantitative estimate of drug-likeness (QED) is 0.911. The minimum Gasteiger partial charge on any atom is -0.493 e. The highest BCUT2D eigenvalue weighted by atomic mass is 16.5. The van der Waals surface area contributed by atoms with Crippen LogP contribution >= 0.6 is 0 Å². The van der Waals surface area contributed by atoms with Gasteiger partial charge in [-0.1, -0.05) is 24.3 Å². The molecule has 2 heterocycles. The number of nitrogens with one attached hydrogen (secondary N) is 1. The molecule has 2 aromatic rings. The first-order valence-electron chi connectivity index (χ1n) is 6.70. The molecule has 98 valence electrons. The number of nitrogens with zero attached hydrogens (tertiary/aromatic N) is 1. The van der Waals surface area contributed by atoms with Gasteiger partial charge in [0.1, 0.15) is 5.75 Å². The summed E-state index contributed by atoms with van der Waals surface area (Å²) in [5.74, 6) is 1.46. The van der Waals surface area contributed by atoms with E-state index in [0.29, 0.717) is 5.92 Å². The number of para-hydroxylation sites is 1. The number of hydrogen-bond donors (Lipinski definition) is 1. The average molecular weight is 254 g/mol. The highest BCUT2D eigenvalue weighted by molar-refractivity contribution is 5.39. The molecular formula is C16H18N2O. The van der Waals surface area contributed by atoms with Crippen molar-refractivity contribution in [2.45, 2.75) is 18.9 Å². The summed E-state index contributed by atoms with van der Waals surface area (Å²) in [5, 5.41) is 3.54. The molecule has 0 amide bonds. The molecule has 0 radical (unpaired) electrons. The molecule has 19 heavy (non-hydrogen) atoms. The molecule has 0 saturated carbocycles. The second kappa shape index (κ2) is 5.41. The summed E-state index contributed by atoms with van der Waals surface area (Å²) >= 11 is 0. The minimum atomic E-state index is 0.258. The van der Waals surface area contributed by atoms with Crippen LogP contribution in [-0.4, -0.2) is 18.1 Å². The van der Waals surface area contributed by atoms with Crippen LogP contribution in [0.5, 0.6) is 5.75 Å². The van der Waals surface area contributed by atoms with Gasteiger partial charge >= 0.3 is 0 Å². The summed E-state index contributed by atoms with van der Waals surface area (Å²) in [6.45, 7) is 3.82. The molecule has 1 aliphatic rings. The minimum absolute atomic E-state index is 0.258. The fraction of sp³-hybridized carbons (Fsp3) is 0.312. The van der Waals surface area contributed by atoms with Crippen LogP contribution in [0.3, 0.4) is 0 Å². The Balaban J connectivity index is 1.62. The number of benzene rings is 1. The first kappa shape index (κ1) is 12.2. The predicted octanol–water partition coefficient (Wildman–Crippen LogP) is 2.91. The zero-order chi connectivity index (χ0) is 13.1. The zero-order valence-corrected chi connectivity index (χ0v) is 11.0. The Bertz CT molecular complexity index is 541. The third-order valence-electron chi connectivity index (χ3n) is 3.60. The van der Waals surface area contributed by atoms with Gasteiger partial charge in [0.2, 0.25) is 0 Å². The van der Waals surface area contributed by atoms with Crippen molar-refractivity contribution in [1.82, 2.24) is 10.3 Å². The highest BCUT2D eigenvalue weighted by Gasteiger charge is 2.23. The molecule has 3 rings (SSSR count). The third kappa shape index (κ3) is 2.61. The smallest absolute Gasteiger partial charge is 0.122 e. The molecule has 3 heteroatoms. The van der Waals surface area contributed by atoms with E-state index in [-0.39, 0.29) is 6.04 Å². The van der Waals surface area contributed by atoms with E-state index in [1.54, 1.807) is 0 Å². The number of rotatable bonds is 4. The van der Waals surface area contributed by atoms with Gasteiger partial charge in [-0.15, -0.1) is 0 Å². The van der Waals surface area contributed by atoms with Gasteiger partial charge in [0.25, 0.3) is 0 Å². The summed E-state index contributed by atoms with van der Waals surface area (Å²) in [6.07, 6.45) is 1.83. The second-order valence-electron chi connectivity index (χ2n) is 4.93. The molecule has 0 aliphatic carbocycles. The molecule has 2 atom stereocenters. The number of ether oxygens (including phenoxy) is 1. The molecule has 0 fully saturated rings. The molecule has 3 nitrogen and oxygen atoms in total. The van der Waals surface area contributed by atoms with Crippen molar-refractivity contribution < 1.29 is 4.74 Å². The van der Waals surface area contributed by atoms with Crippen molar-refractivity contribution in [2.75, 3.05) is 13.2 Å². The molecule has 1 aromatic heterocycles. The van der Waals surface area contributed by atoms with Gasteiger partial charge in [0, 0.05) is 30.3 Å². The lowest BCUT2D eigenvalue weighted by atomic mass is 10.0. The first-order chi connectivity index (χ1) is 9.34. The van der Waals surface area contributed by atoms with Crippen LogP contribution in [0.25, 0.3) is 0 Å². The molecule has 1 aliphatic heterocycles. The normalized spacial score (nSPS) is 18.7. The van der Waals surface area contributed by atoms with Crippen molar-refractivity contribution in [3.63, 3.8) is 0 Å². The Labute approximate surface area is 113 Å². The van der Waals surface area contributed by atoms with Crippen molar-refractivity contribution in [2.24, 2.45) is 0 Å². The van der Waals surface area contributed by atoms with E-state index in [1.165, 1.54) is 5.56 Å². The summed E-state index contributed by atoms with van der Waals surface area (Å²) in [5.41, 5.74) is 2.39. The molecule has 1 N–H and O–H groups in total. The Hall–Kier alpha value is -1.87. The van der Waals surface area contributed by atoms with Gasteiger partial charge in [-0.05, 0) is 25.1 Å². The number of hydrogen-bond acceptors (Lipinski definition) is 3. The van der Waals surface area contributed by atoms with Gasteiger partial charge in [-0.3, -0.25) is 4.98 Å². The Morgan fingerprint density at radius 2 is 2.11 bits per heavy atom. The van der Waals surface area contributed by atoms with Crippen molar-refractivity contribution >= 4 is 0 Å². The largest absolute Gasteiger partial charge is 0.493 e. The van der Waals surface area contributed by atoms with Crippen molar-refractivity contribution in [3.8, 4) is 5.75 Å². The van der Waals surface area contributed by atoms with E-state index in [2.05, 4.69) is 35.4 Å². The summed E-state index contributed by atoms with van der Waals surface area (Å²) < 4.78 is 5.69. The summed E-state index contributed by atoms with van der Waals surface area (Å²) in [4.78, 5) is 4.37. The standard InChI is InChI=1S/C16H18N2O/c1-12(15-7-4-5-9-17-15)18-10-13-11-19-16-8-3-2-6-14(13)16/h2-9,12-13,18H,10-11H2,1H3. The predicted molar refractivity (Wildman–Crippen MR) is 75.3 cm³/mol. The monoisotopic (exact) mass is 254 g/mol. The lowest BCUT2D eigenvalue weighted by molar-refractivity contribution is 0.323. The fourth-order valence-electron chi connectivity index (χ4n) is 2.45. The average Bonchev–Trinajstić information content (AvgIpc) is 2.89. The number of fused-ring (bicyclic) bond motifs is 1. The van der Waals surface area contributed by atoms with E-state index < -0.39 is 0 Å². The third-order valence-corrected chi connectivity index (χ3v) is 3.60. The van der Waals surface area contributed by atoms with Gasteiger partial charge in [0.15, 0.2) is 0 Å². The summed E-state index contributed by atoms with van der Waals surface area (Å²) in [6, 6.07) is 14.6. The SMILES string of the molecule is CC(NCC1COc2ccccc21)c1ccccn1. The maximum atomic E-state index is 5.69. The lowest BCUT2D eigenvalue weighted by Crippen LogP contribution is -2.26. The lowest BCUT2D eigenvalue weighted by Gasteiger charge is -2.16. The van der Waals surface area contributed by atoms with E-state index in [0.717, 1.165) is 24.6 Å². The van der Waals surface area contributed by atoms with E-state index in [4.69, 9.17) is 4.74 Å². The molecule has 2 unspecified atom stereocenters. The first-order valence-corrected chi connectivity index (χ1v) is 6.70. The number of aromatic nitrogens is 1. The highest BCUT2D eigenvalue weighted by Crippen LogP contribution is 2.33. The molecule has 0 spiro atoms. The maximum Gasteiger partial charge on any atom is 0.122 e. The van der Waals surface area contributed by atoms with Crippen LogP contribution in [0, 0.1) is 0 Å². The van der Waals surface area contributed by atoms with E-state index in [9.17, 15) is 0 Å². The van der Waals surface area contributed by atoms with Crippen LogP contribution in [-0.2, 0) is 0 Å². The van der Waals surface area contributed by atoms with Crippen molar-refractivity contribution in [1.29, 1.82) is 0 Å². The topological polar surface area (TPSA) is 34.1 Å². The van der Waals surface area contributed by atoms with Crippen LogP contribution in [0.1, 0.15) is 30.1 Å². The van der Waals surface area contributed by atoms with E-state index >= 15 is 0 Å². The van der Waals surface area contributed by atoms with Gasteiger partial charge in [-0.25, -0.2) is 0 Å². The van der Waals surface area contributed by atoms with Crippen LogP contribution in [0.2, 0.25) is 0 Å². The number of pyridine rings is 1. The van der Waals surface area contributed by atoms with Crippen molar-refractivity contribution in [3.05, 3.63) is 59.9 Å². The van der Waals surface area contributed by atoms with Gasteiger partial charge < -0.3 is 10.1 Å². The van der Waals surface area contributed by atoms with Gasteiger partial charge in [-0.2, -0.15) is 0 Å². The Morgan fingerprint density at radius 3 is 2.95 bits per heavy atom. The molecule has 1 aromatic carbocycles. The second-order valence-corrected chi connectivity index (χ2v) is 4.93. The Morgan fingerprint density at radius 1 is 1.26 bits per heavy atom. The fourth-order valence-corrected chi connectivity index (χ4v) is 2.45. The van der Waals surface area contributed by atoms with Crippen LogP contribution < -0.4 is 10.1 Å². The van der Waals surface area contributed by atoms with Crippen LogP contribution in [0.4, 0.5) is 0 Å². The zero-order valence-electron chi connectivity index (χ0n) is 11.0.